The molecule has 5 nitrogen and oxygen atoms in total. The first-order chi connectivity index (χ1) is 12.1. The highest BCUT2D eigenvalue weighted by molar-refractivity contribution is 5.95. The summed E-state index contributed by atoms with van der Waals surface area (Å²) in [5, 5.41) is 3.12. The highest BCUT2D eigenvalue weighted by Crippen LogP contribution is 2.19. The molecule has 25 heavy (non-hydrogen) atoms. The van der Waals surface area contributed by atoms with Gasteiger partial charge in [-0.15, -0.1) is 0 Å². The maximum Gasteiger partial charge on any atom is 0.251 e. The highest BCUT2D eigenvalue weighted by atomic mass is 16.5. The standard InChI is InChI=1S/C20H28N2O3/c1-15-6-2-3-8-18(15)20(24)21-16-9-11-22(12-10-16)19(23)14-17-7-4-5-13-25-17/h2-3,6,8,16-17H,4-5,7,9-14H2,1H3,(H,21,24). The van der Waals surface area contributed by atoms with Crippen LogP contribution >= 0.6 is 0 Å². The van der Waals surface area contributed by atoms with Crippen LogP contribution in [0.15, 0.2) is 24.3 Å². The van der Waals surface area contributed by atoms with Gasteiger partial charge in [-0.1, -0.05) is 18.2 Å². The Morgan fingerprint density at radius 2 is 1.92 bits per heavy atom. The second kappa shape index (κ2) is 8.48. The lowest BCUT2D eigenvalue weighted by Gasteiger charge is -2.33. The average Bonchev–Trinajstić information content (AvgIpc) is 2.63. The van der Waals surface area contributed by atoms with Crippen LogP contribution in [0.25, 0.3) is 0 Å². The molecule has 0 saturated carbocycles. The van der Waals surface area contributed by atoms with Crippen molar-refractivity contribution in [1.29, 1.82) is 0 Å². The third-order valence-corrected chi connectivity index (χ3v) is 5.25. The Balaban J connectivity index is 1.44. The molecule has 2 saturated heterocycles. The van der Waals surface area contributed by atoms with Crippen molar-refractivity contribution in [3.63, 3.8) is 0 Å². The normalized spacial score (nSPS) is 21.8. The predicted molar refractivity (Wildman–Crippen MR) is 96.5 cm³/mol. The zero-order chi connectivity index (χ0) is 17.6. The van der Waals surface area contributed by atoms with Crippen LogP contribution in [0.4, 0.5) is 0 Å². The molecule has 0 aromatic heterocycles. The number of carbonyl (C=O) groups is 2. The molecule has 0 aliphatic carbocycles. The number of nitrogens with zero attached hydrogens (tertiary/aromatic N) is 1. The molecule has 5 heteroatoms. The van der Waals surface area contributed by atoms with E-state index in [1.54, 1.807) is 0 Å². The molecular formula is C20H28N2O3. The zero-order valence-corrected chi connectivity index (χ0v) is 15.0. The van der Waals surface area contributed by atoms with E-state index >= 15 is 0 Å². The van der Waals surface area contributed by atoms with E-state index < -0.39 is 0 Å². The summed E-state index contributed by atoms with van der Waals surface area (Å²) in [6.45, 7) is 4.16. The third-order valence-electron chi connectivity index (χ3n) is 5.25. The van der Waals surface area contributed by atoms with E-state index in [1.807, 2.05) is 36.1 Å². The van der Waals surface area contributed by atoms with Crippen molar-refractivity contribution in [2.45, 2.75) is 57.6 Å². The minimum atomic E-state index is -0.0153. The first-order valence-corrected chi connectivity index (χ1v) is 9.39. The fraction of sp³-hybridized carbons (Fsp3) is 0.600. The van der Waals surface area contributed by atoms with Gasteiger partial charge in [-0.05, 0) is 50.7 Å². The van der Waals surface area contributed by atoms with Crippen molar-refractivity contribution in [2.24, 2.45) is 0 Å². The van der Waals surface area contributed by atoms with Gasteiger partial charge in [-0.25, -0.2) is 0 Å². The second-order valence-electron chi connectivity index (χ2n) is 7.14. The molecule has 1 unspecified atom stereocenters. The summed E-state index contributed by atoms with van der Waals surface area (Å²) in [6.07, 6.45) is 5.49. The summed E-state index contributed by atoms with van der Waals surface area (Å²) in [4.78, 5) is 26.7. The quantitative estimate of drug-likeness (QED) is 0.913. The van der Waals surface area contributed by atoms with E-state index in [-0.39, 0.29) is 24.0 Å². The van der Waals surface area contributed by atoms with Crippen molar-refractivity contribution in [3.8, 4) is 0 Å². The first kappa shape index (κ1) is 17.9. The Hall–Kier alpha value is -1.88. The Kier molecular flexibility index (Phi) is 6.08. The Morgan fingerprint density at radius 3 is 2.60 bits per heavy atom. The molecule has 136 valence electrons. The minimum absolute atomic E-state index is 0.0153. The molecule has 2 fully saturated rings. The molecule has 2 heterocycles. The number of amides is 2. The number of hydrogen-bond acceptors (Lipinski definition) is 3. The van der Waals surface area contributed by atoms with Gasteiger partial charge >= 0.3 is 0 Å². The lowest BCUT2D eigenvalue weighted by atomic mass is 10.0. The zero-order valence-electron chi connectivity index (χ0n) is 15.0. The van der Waals surface area contributed by atoms with Crippen LogP contribution in [-0.2, 0) is 9.53 Å². The molecule has 0 bridgehead atoms. The molecule has 0 radical (unpaired) electrons. The molecule has 1 aromatic carbocycles. The van der Waals surface area contributed by atoms with Gasteiger partial charge in [-0.3, -0.25) is 9.59 Å². The number of likely N-dealkylation sites (tertiary alicyclic amines) is 1. The predicted octanol–water partition coefficient (Wildman–Crippen LogP) is 2.68. The molecule has 1 aromatic rings. The molecule has 1 atom stereocenters. The van der Waals surface area contributed by atoms with Crippen LogP contribution in [0.1, 0.15) is 54.4 Å². The highest BCUT2D eigenvalue weighted by Gasteiger charge is 2.26. The smallest absolute Gasteiger partial charge is 0.251 e. The van der Waals surface area contributed by atoms with Crippen molar-refractivity contribution in [3.05, 3.63) is 35.4 Å². The summed E-state index contributed by atoms with van der Waals surface area (Å²) in [6, 6.07) is 7.77. The van der Waals surface area contributed by atoms with Crippen molar-refractivity contribution < 1.29 is 14.3 Å². The minimum Gasteiger partial charge on any atom is -0.378 e. The van der Waals surface area contributed by atoms with Crippen molar-refractivity contribution in [1.82, 2.24) is 10.2 Å². The van der Waals surface area contributed by atoms with Crippen LogP contribution in [-0.4, -0.2) is 48.6 Å². The second-order valence-corrected chi connectivity index (χ2v) is 7.14. The summed E-state index contributed by atoms with van der Waals surface area (Å²) in [5.41, 5.74) is 1.72. The first-order valence-electron chi connectivity index (χ1n) is 9.39. The number of rotatable bonds is 4. The monoisotopic (exact) mass is 344 g/mol. The molecule has 1 N–H and O–H groups in total. The van der Waals surface area contributed by atoms with Gasteiger partial charge in [0.05, 0.1) is 12.5 Å². The van der Waals surface area contributed by atoms with E-state index in [1.165, 1.54) is 0 Å². The molecule has 2 aliphatic rings. The molecule has 2 aliphatic heterocycles. The van der Waals surface area contributed by atoms with E-state index in [9.17, 15) is 9.59 Å². The number of carbonyl (C=O) groups excluding carboxylic acids is 2. The summed E-state index contributed by atoms with van der Waals surface area (Å²) in [7, 11) is 0. The van der Waals surface area contributed by atoms with Crippen LogP contribution in [0.3, 0.4) is 0 Å². The summed E-state index contributed by atoms with van der Waals surface area (Å²) >= 11 is 0. The molecule has 0 spiro atoms. The van der Waals surface area contributed by atoms with Crippen molar-refractivity contribution in [2.75, 3.05) is 19.7 Å². The van der Waals surface area contributed by atoms with Gasteiger partial charge in [0.1, 0.15) is 0 Å². The number of hydrogen-bond donors (Lipinski definition) is 1. The van der Waals surface area contributed by atoms with Gasteiger partial charge in [0, 0.05) is 31.3 Å². The average molecular weight is 344 g/mol. The topological polar surface area (TPSA) is 58.6 Å². The number of ether oxygens (including phenoxy) is 1. The Labute approximate surface area is 149 Å². The van der Waals surface area contributed by atoms with Crippen LogP contribution in [0, 0.1) is 6.92 Å². The Morgan fingerprint density at radius 1 is 1.16 bits per heavy atom. The van der Waals surface area contributed by atoms with Crippen LogP contribution in [0.2, 0.25) is 0 Å². The van der Waals surface area contributed by atoms with Crippen LogP contribution in [0.5, 0.6) is 0 Å². The number of nitrogens with one attached hydrogen (secondary N) is 1. The number of aryl methyl sites for hydroxylation is 1. The third kappa shape index (κ3) is 4.82. The maximum absolute atomic E-state index is 12.4. The SMILES string of the molecule is Cc1ccccc1C(=O)NC1CCN(C(=O)CC2CCCCO2)CC1. The number of benzene rings is 1. The summed E-state index contributed by atoms with van der Waals surface area (Å²) in [5.74, 6) is 0.175. The van der Waals surface area contributed by atoms with E-state index in [2.05, 4.69) is 5.32 Å². The lowest BCUT2D eigenvalue weighted by molar-refractivity contribution is -0.136. The molecule has 3 rings (SSSR count). The van der Waals surface area contributed by atoms with Gasteiger partial charge in [0.25, 0.3) is 5.91 Å². The van der Waals surface area contributed by atoms with Gasteiger partial charge in [0.2, 0.25) is 5.91 Å². The lowest BCUT2D eigenvalue weighted by Crippen LogP contribution is -2.47. The van der Waals surface area contributed by atoms with E-state index in [4.69, 9.17) is 4.74 Å². The Bertz CT molecular complexity index is 603. The maximum atomic E-state index is 12.4. The van der Waals surface area contributed by atoms with Gasteiger partial charge < -0.3 is 15.0 Å². The largest absolute Gasteiger partial charge is 0.378 e. The van der Waals surface area contributed by atoms with E-state index in [0.717, 1.165) is 49.8 Å². The molecule has 2 amide bonds. The fourth-order valence-corrected chi connectivity index (χ4v) is 3.66. The summed E-state index contributed by atoms with van der Waals surface area (Å²) < 4.78 is 5.67. The van der Waals surface area contributed by atoms with Crippen molar-refractivity contribution >= 4 is 11.8 Å². The van der Waals surface area contributed by atoms with Gasteiger partial charge in [-0.2, -0.15) is 0 Å². The number of piperidine rings is 1. The molecular weight excluding hydrogens is 316 g/mol. The van der Waals surface area contributed by atoms with Gasteiger partial charge in [0.15, 0.2) is 0 Å². The van der Waals surface area contributed by atoms with E-state index in [0.29, 0.717) is 19.5 Å². The fourth-order valence-electron chi connectivity index (χ4n) is 3.66. The van der Waals surface area contributed by atoms with Crippen LogP contribution < -0.4 is 5.32 Å².